The molecule has 0 saturated carbocycles. The Balaban J connectivity index is 2.55. The minimum Gasteiger partial charge on any atom is -0.477 e. The molecule has 0 fully saturated rings. The Morgan fingerprint density at radius 1 is 1.50 bits per heavy atom. The molecule has 0 aromatic carbocycles. The number of carbonyl (C=O) groups is 1. The van der Waals surface area contributed by atoms with Crippen LogP contribution in [0.4, 0.5) is 0 Å². The first-order chi connectivity index (χ1) is 7.38. The van der Waals surface area contributed by atoms with Crippen molar-refractivity contribution in [2.75, 3.05) is 0 Å². The number of rotatable bonds is 4. The average Bonchev–Trinajstić information content (AvgIpc) is 2.16. The number of aromatic nitrogens is 1. The summed E-state index contributed by atoms with van der Waals surface area (Å²) in [6, 6.07) is 4.85. The SMILES string of the molecule is CC(C)(C)ONCc1cccc(C(=O)O)n1. The number of nitrogens with one attached hydrogen (secondary N) is 1. The van der Waals surface area contributed by atoms with Crippen LogP contribution in [0, 0.1) is 0 Å². The highest BCUT2D eigenvalue weighted by Gasteiger charge is 2.10. The summed E-state index contributed by atoms with van der Waals surface area (Å²) in [5.41, 5.74) is 3.13. The van der Waals surface area contributed by atoms with Crippen LogP contribution in [-0.4, -0.2) is 21.7 Å². The molecule has 5 nitrogen and oxygen atoms in total. The van der Waals surface area contributed by atoms with Crippen molar-refractivity contribution in [1.82, 2.24) is 10.5 Å². The summed E-state index contributed by atoms with van der Waals surface area (Å²) >= 11 is 0. The molecule has 0 spiro atoms. The van der Waals surface area contributed by atoms with Gasteiger partial charge in [0.25, 0.3) is 0 Å². The first-order valence-electron chi connectivity index (χ1n) is 4.98. The van der Waals surface area contributed by atoms with Crippen LogP contribution < -0.4 is 5.48 Å². The lowest BCUT2D eigenvalue weighted by molar-refractivity contribution is -0.0761. The van der Waals surface area contributed by atoms with Crippen LogP contribution in [0.15, 0.2) is 18.2 Å². The maximum atomic E-state index is 10.7. The van der Waals surface area contributed by atoms with E-state index in [2.05, 4.69) is 10.5 Å². The molecule has 0 radical (unpaired) electrons. The molecule has 1 rings (SSSR count). The summed E-state index contributed by atoms with van der Waals surface area (Å²) in [6.45, 7) is 6.13. The van der Waals surface area contributed by atoms with Gasteiger partial charge in [-0.15, -0.1) is 0 Å². The van der Waals surface area contributed by atoms with Gasteiger partial charge in [0.15, 0.2) is 0 Å². The number of aromatic carboxylic acids is 1. The van der Waals surface area contributed by atoms with Gasteiger partial charge in [-0.1, -0.05) is 6.07 Å². The average molecular weight is 224 g/mol. The van der Waals surface area contributed by atoms with Crippen molar-refractivity contribution >= 4 is 5.97 Å². The second-order valence-electron chi connectivity index (χ2n) is 4.35. The summed E-state index contributed by atoms with van der Waals surface area (Å²) in [5.74, 6) is -1.03. The van der Waals surface area contributed by atoms with E-state index in [4.69, 9.17) is 9.94 Å². The van der Waals surface area contributed by atoms with E-state index in [0.29, 0.717) is 12.2 Å². The number of carboxylic acid groups (broad SMARTS) is 1. The van der Waals surface area contributed by atoms with Gasteiger partial charge in [-0.2, -0.15) is 5.48 Å². The topological polar surface area (TPSA) is 71.5 Å². The quantitative estimate of drug-likeness (QED) is 0.760. The monoisotopic (exact) mass is 224 g/mol. The third-order valence-corrected chi connectivity index (χ3v) is 1.66. The lowest BCUT2D eigenvalue weighted by Gasteiger charge is -2.19. The van der Waals surface area contributed by atoms with Crippen LogP contribution in [-0.2, 0) is 11.4 Å². The molecule has 0 aliphatic carbocycles. The van der Waals surface area contributed by atoms with Crippen LogP contribution in [0.25, 0.3) is 0 Å². The van der Waals surface area contributed by atoms with Crippen molar-refractivity contribution in [3.05, 3.63) is 29.6 Å². The van der Waals surface area contributed by atoms with Crippen LogP contribution in [0.2, 0.25) is 0 Å². The molecule has 0 aliphatic heterocycles. The highest BCUT2D eigenvalue weighted by molar-refractivity contribution is 5.85. The molecule has 1 aromatic rings. The van der Waals surface area contributed by atoms with Crippen molar-refractivity contribution < 1.29 is 14.7 Å². The highest BCUT2D eigenvalue weighted by Crippen LogP contribution is 2.05. The van der Waals surface area contributed by atoms with E-state index in [1.807, 2.05) is 20.8 Å². The van der Waals surface area contributed by atoms with Crippen LogP contribution in [0.3, 0.4) is 0 Å². The highest BCUT2D eigenvalue weighted by atomic mass is 16.7. The molecule has 0 unspecified atom stereocenters. The van der Waals surface area contributed by atoms with Gasteiger partial charge in [0.05, 0.1) is 17.8 Å². The Hall–Kier alpha value is -1.46. The molecule has 0 saturated heterocycles. The molecule has 5 heteroatoms. The van der Waals surface area contributed by atoms with E-state index in [1.165, 1.54) is 6.07 Å². The molecule has 0 bridgehead atoms. The predicted octanol–water partition coefficient (Wildman–Crippen LogP) is 1.60. The standard InChI is InChI=1S/C11H16N2O3/c1-11(2,3)16-12-7-8-5-4-6-9(13-8)10(14)15/h4-6,12H,7H2,1-3H3,(H,14,15). The van der Waals surface area contributed by atoms with Gasteiger partial charge in [-0.05, 0) is 32.9 Å². The smallest absolute Gasteiger partial charge is 0.354 e. The van der Waals surface area contributed by atoms with Gasteiger partial charge < -0.3 is 5.11 Å². The molecule has 2 N–H and O–H groups in total. The van der Waals surface area contributed by atoms with Crippen molar-refractivity contribution in [2.24, 2.45) is 0 Å². The van der Waals surface area contributed by atoms with Crippen LogP contribution in [0.1, 0.15) is 37.0 Å². The van der Waals surface area contributed by atoms with Gasteiger partial charge in [0.2, 0.25) is 0 Å². The molecule has 0 aliphatic rings. The van der Waals surface area contributed by atoms with Crippen molar-refractivity contribution in [1.29, 1.82) is 0 Å². The maximum Gasteiger partial charge on any atom is 0.354 e. The van der Waals surface area contributed by atoms with Gasteiger partial charge in [0, 0.05) is 0 Å². The largest absolute Gasteiger partial charge is 0.477 e. The number of pyridine rings is 1. The molecule has 16 heavy (non-hydrogen) atoms. The fourth-order valence-electron chi connectivity index (χ4n) is 1.02. The Morgan fingerprint density at radius 2 is 2.19 bits per heavy atom. The zero-order valence-corrected chi connectivity index (χ0v) is 9.65. The van der Waals surface area contributed by atoms with Gasteiger partial charge in [0.1, 0.15) is 5.69 Å². The predicted molar refractivity (Wildman–Crippen MR) is 58.9 cm³/mol. The normalized spacial score (nSPS) is 11.4. The zero-order valence-electron chi connectivity index (χ0n) is 9.65. The number of hydroxylamine groups is 1. The van der Waals surface area contributed by atoms with E-state index in [9.17, 15) is 4.79 Å². The van der Waals surface area contributed by atoms with E-state index < -0.39 is 5.97 Å². The van der Waals surface area contributed by atoms with Gasteiger partial charge in [-0.25, -0.2) is 9.78 Å². The zero-order chi connectivity index (χ0) is 12.2. The van der Waals surface area contributed by atoms with E-state index in [-0.39, 0.29) is 11.3 Å². The van der Waals surface area contributed by atoms with Gasteiger partial charge >= 0.3 is 5.97 Å². The van der Waals surface area contributed by atoms with Crippen LogP contribution >= 0.6 is 0 Å². The summed E-state index contributed by atoms with van der Waals surface area (Å²) in [7, 11) is 0. The summed E-state index contributed by atoms with van der Waals surface area (Å²) in [4.78, 5) is 19.9. The van der Waals surface area contributed by atoms with Crippen molar-refractivity contribution in [3.63, 3.8) is 0 Å². The summed E-state index contributed by atoms with van der Waals surface area (Å²) in [5, 5.41) is 8.75. The second-order valence-corrected chi connectivity index (χ2v) is 4.35. The molecule has 88 valence electrons. The fraction of sp³-hybridized carbons (Fsp3) is 0.455. The third-order valence-electron chi connectivity index (χ3n) is 1.66. The molecule has 0 amide bonds. The first kappa shape index (κ1) is 12.6. The Kier molecular flexibility index (Phi) is 3.98. The lowest BCUT2D eigenvalue weighted by atomic mass is 10.2. The van der Waals surface area contributed by atoms with E-state index in [0.717, 1.165) is 0 Å². The molecule has 0 atom stereocenters. The molecular formula is C11H16N2O3. The van der Waals surface area contributed by atoms with Crippen LogP contribution in [0.5, 0.6) is 0 Å². The molecule has 1 aromatic heterocycles. The second kappa shape index (κ2) is 5.05. The molecular weight excluding hydrogens is 208 g/mol. The van der Waals surface area contributed by atoms with Crippen molar-refractivity contribution in [2.45, 2.75) is 32.9 Å². The number of hydrogen-bond acceptors (Lipinski definition) is 4. The lowest BCUT2D eigenvalue weighted by Crippen LogP contribution is -2.29. The maximum absolute atomic E-state index is 10.7. The number of hydrogen-bond donors (Lipinski definition) is 2. The Bertz CT molecular complexity index is 372. The van der Waals surface area contributed by atoms with Crippen molar-refractivity contribution in [3.8, 4) is 0 Å². The minimum absolute atomic E-state index is 0.0371. The fourth-order valence-corrected chi connectivity index (χ4v) is 1.02. The third kappa shape index (κ3) is 4.37. The number of nitrogens with zero attached hydrogens (tertiary/aromatic N) is 1. The Morgan fingerprint density at radius 3 is 2.75 bits per heavy atom. The minimum atomic E-state index is -1.03. The van der Waals surface area contributed by atoms with Gasteiger partial charge in [-0.3, -0.25) is 4.84 Å². The van der Waals surface area contributed by atoms with E-state index >= 15 is 0 Å². The number of carboxylic acids is 1. The summed E-state index contributed by atoms with van der Waals surface area (Å²) in [6.07, 6.45) is 0. The Labute approximate surface area is 94.4 Å². The van der Waals surface area contributed by atoms with E-state index in [1.54, 1.807) is 12.1 Å². The summed E-state index contributed by atoms with van der Waals surface area (Å²) < 4.78 is 0. The first-order valence-corrected chi connectivity index (χ1v) is 4.98. The molecule has 1 heterocycles.